The molecule has 0 spiro atoms. The van der Waals surface area contributed by atoms with Gasteiger partial charge in [-0.15, -0.1) is 11.3 Å². The van der Waals surface area contributed by atoms with E-state index in [0.29, 0.717) is 5.41 Å². The number of nitrogens with zero attached hydrogens (tertiary/aromatic N) is 2. The highest BCUT2D eigenvalue weighted by atomic mass is 79.9. The molecule has 5 heteroatoms. The fourth-order valence-corrected chi connectivity index (χ4v) is 5.22. The first-order valence-electron chi connectivity index (χ1n) is 8.45. The van der Waals surface area contributed by atoms with Gasteiger partial charge in [-0.05, 0) is 42.7 Å². The first kappa shape index (κ1) is 16.3. The molecule has 1 aromatic heterocycles. The summed E-state index contributed by atoms with van der Waals surface area (Å²) in [5, 5.41) is 7.72. The van der Waals surface area contributed by atoms with Gasteiger partial charge < -0.3 is 0 Å². The molecular formula is C19H22BrN3S. The molecule has 1 heterocycles. The number of hydrazone groups is 1. The molecule has 2 saturated carbocycles. The zero-order valence-corrected chi connectivity index (χ0v) is 16.7. The van der Waals surface area contributed by atoms with E-state index in [4.69, 9.17) is 5.10 Å². The van der Waals surface area contributed by atoms with Gasteiger partial charge in [0.2, 0.25) is 5.13 Å². The number of fused-ring (bicyclic) bond motifs is 2. The van der Waals surface area contributed by atoms with Crippen molar-refractivity contribution in [2.24, 2.45) is 21.8 Å². The Labute approximate surface area is 155 Å². The Bertz CT molecular complexity index is 793. The molecule has 2 aliphatic rings. The Kier molecular flexibility index (Phi) is 3.84. The minimum Gasteiger partial charge on any atom is -0.253 e. The lowest BCUT2D eigenvalue weighted by Crippen LogP contribution is -2.32. The average molecular weight is 404 g/mol. The van der Waals surface area contributed by atoms with Crippen LogP contribution in [-0.2, 0) is 0 Å². The molecule has 2 bridgehead atoms. The van der Waals surface area contributed by atoms with Gasteiger partial charge >= 0.3 is 0 Å². The highest BCUT2D eigenvalue weighted by Gasteiger charge is 2.59. The number of thiazole rings is 1. The number of nitrogens with one attached hydrogen (secondary N) is 1. The van der Waals surface area contributed by atoms with Gasteiger partial charge in [0.05, 0.1) is 5.69 Å². The Hall–Kier alpha value is -1.20. The third kappa shape index (κ3) is 2.44. The summed E-state index contributed by atoms with van der Waals surface area (Å²) in [5.41, 5.74) is 7.26. The predicted octanol–water partition coefficient (Wildman–Crippen LogP) is 6.19. The van der Waals surface area contributed by atoms with Crippen molar-refractivity contribution >= 4 is 38.1 Å². The van der Waals surface area contributed by atoms with Gasteiger partial charge in [-0.1, -0.05) is 48.8 Å². The molecule has 126 valence electrons. The van der Waals surface area contributed by atoms with Crippen molar-refractivity contribution < 1.29 is 0 Å². The maximum Gasteiger partial charge on any atom is 0.203 e. The standard InChI is InChI=1S/C19H22BrN3S/c1-18(2)13-8-9-19(18,3)16(10-13)22-23-17-21-15(11-24-17)12-4-6-14(20)7-5-12/h4-7,11,13H,8-10H2,1-3H3,(H,21,23)/b22-16-/t13-,19-/m1/s1. The molecule has 0 amide bonds. The molecule has 2 aromatic rings. The summed E-state index contributed by atoms with van der Waals surface area (Å²) in [6.45, 7) is 7.19. The summed E-state index contributed by atoms with van der Waals surface area (Å²) >= 11 is 5.08. The number of hydrogen-bond donors (Lipinski definition) is 1. The summed E-state index contributed by atoms with van der Waals surface area (Å²) in [6.07, 6.45) is 3.72. The van der Waals surface area contributed by atoms with Gasteiger partial charge in [0.15, 0.2) is 0 Å². The van der Waals surface area contributed by atoms with Crippen LogP contribution in [0, 0.1) is 16.7 Å². The zero-order valence-electron chi connectivity index (χ0n) is 14.3. The van der Waals surface area contributed by atoms with Gasteiger partial charge in [-0.2, -0.15) is 5.10 Å². The Balaban J connectivity index is 1.52. The minimum atomic E-state index is 0.233. The van der Waals surface area contributed by atoms with Crippen molar-refractivity contribution in [3.8, 4) is 11.3 Å². The summed E-state index contributed by atoms with van der Waals surface area (Å²) in [7, 11) is 0. The third-order valence-electron chi connectivity index (χ3n) is 6.44. The average Bonchev–Trinajstić information content (AvgIpc) is 3.16. The molecular weight excluding hydrogens is 382 g/mol. The van der Waals surface area contributed by atoms with E-state index in [2.05, 4.69) is 64.6 Å². The number of halogens is 1. The van der Waals surface area contributed by atoms with Crippen molar-refractivity contribution in [2.45, 2.75) is 40.0 Å². The van der Waals surface area contributed by atoms with E-state index >= 15 is 0 Å². The highest BCUT2D eigenvalue weighted by molar-refractivity contribution is 9.10. The van der Waals surface area contributed by atoms with Gasteiger partial charge in [0.1, 0.15) is 0 Å². The van der Waals surface area contributed by atoms with Crippen molar-refractivity contribution in [3.05, 3.63) is 34.1 Å². The van der Waals surface area contributed by atoms with E-state index in [9.17, 15) is 0 Å². The molecule has 2 atom stereocenters. The van der Waals surface area contributed by atoms with Crippen LogP contribution in [0.1, 0.15) is 40.0 Å². The molecule has 0 saturated heterocycles. The maximum absolute atomic E-state index is 4.77. The molecule has 24 heavy (non-hydrogen) atoms. The zero-order chi connectivity index (χ0) is 16.9. The largest absolute Gasteiger partial charge is 0.253 e. The first-order chi connectivity index (χ1) is 11.4. The summed E-state index contributed by atoms with van der Waals surface area (Å²) in [4.78, 5) is 4.68. The van der Waals surface area contributed by atoms with Gasteiger partial charge in [0, 0.05) is 26.5 Å². The molecule has 1 N–H and O–H groups in total. The second-order valence-corrected chi connectivity index (χ2v) is 9.48. The molecule has 0 aliphatic heterocycles. The quantitative estimate of drug-likeness (QED) is 0.620. The predicted molar refractivity (Wildman–Crippen MR) is 106 cm³/mol. The lowest BCUT2D eigenvalue weighted by Gasteiger charge is -2.34. The summed E-state index contributed by atoms with van der Waals surface area (Å²) in [6, 6.07) is 8.24. The smallest absolute Gasteiger partial charge is 0.203 e. The Morgan fingerprint density at radius 1 is 1.25 bits per heavy atom. The SMILES string of the molecule is CC1(C)[C@@H]2CC[C@]1(C)/C(=N\Nc1nc(-c3ccc(Br)cc3)cs1)C2. The summed E-state index contributed by atoms with van der Waals surface area (Å²) in [5.74, 6) is 0.776. The number of rotatable bonds is 3. The van der Waals surface area contributed by atoms with E-state index in [1.807, 2.05) is 12.1 Å². The fourth-order valence-electron chi connectivity index (χ4n) is 4.29. The summed E-state index contributed by atoms with van der Waals surface area (Å²) < 4.78 is 1.08. The van der Waals surface area contributed by atoms with Gasteiger partial charge in [-0.25, -0.2) is 4.98 Å². The molecule has 2 aliphatic carbocycles. The molecule has 1 aromatic carbocycles. The number of aromatic nitrogens is 1. The van der Waals surface area contributed by atoms with Gasteiger partial charge in [-0.3, -0.25) is 5.43 Å². The molecule has 2 fully saturated rings. The van der Waals surface area contributed by atoms with Crippen LogP contribution in [0.2, 0.25) is 0 Å². The van der Waals surface area contributed by atoms with E-state index in [0.717, 1.165) is 33.2 Å². The normalized spacial score (nSPS) is 29.3. The van der Waals surface area contributed by atoms with Crippen LogP contribution < -0.4 is 5.43 Å². The van der Waals surface area contributed by atoms with Crippen molar-refractivity contribution in [2.75, 3.05) is 5.43 Å². The molecule has 0 radical (unpaired) electrons. The minimum absolute atomic E-state index is 0.233. The Morgan fingerprint density at radius 2 is 2.00 bits per heavy atom. The van der Waals surface area contributed by atoms with Crippen LogP contribution in [0.25, 0.3) is 11.3 Å². The highest BCUT2D eigenvalue weighted by Crippen LogP contribution is 2.63. The van der Waals surface area contributed by atoms with E-state index < -0.39 is 0 Å². The maximum atomic E-state index is 4.77. The fraction of sp³-hybridized carbons (Fsp3) is 0.474. The van der Waals surface area contributed by atoms with Crippen LogP contribution >= 0.6 is 27.3 Å². The molecule has 4 rings (SSSR count). The van der Waals surface area contributed by atoms with Crippen LogP contribution in [0.15, 0.2) is 39.2 Å². The Morgan fingerprint density at radius 3 is 2.62 bits per heavy atom. The van der Waals surface area contributed by atoms with Crippen LogP contribution in [-0.4, -0.2) is 10.7 Å². The van der Waals surface area contributed by atoms with Crippen LogP contribution in [0.3, 0.4) is 0 Å². The number of anilines is 1. The van der Waals surface area contributed by atoms with Crippen LogP contribution in [0.5, 0.6) is 0 Å². The third-order valence-corrected chi connectivity index (χ3v) is 7.72. The van der Waals surface area contributed by atoms with E-state index in [1.165, 1.54) is 18.6 Å². The van der Waals surface area contributed by atoms with Crippen molar-refractivity contribution in [1.29, 1.82) is 0 Å². The van der Waals surface area contributed by atoms with E-state index in [-0.39, 0.29) is 5.41 Å². The molecule has 0 unspecified atom stereocenters. The van der Waals surface area contributed by atoms with Crippen LogP contribution in [0.4, 0.5) is 5.13 Å². The molecule has 3 nitrogen and oxygen atoms in total. The van der Waals surface area contributed by atoms with E-state index in [1.54, 1.807) is 11.3 Å². The number of benzene rings is 1. The van der Waals surface area contributed by atoms with Gasteiger partial charge in [0.25, 0.3) is 0 Å². The lowest BCUT2D eigenvalue weighted by atomic mass is 9.70. The van der Waals surface area contributed by atoms with Crippen molar-refractivity contribution in [3.63, 3.8) is 0 Å². The lowest BCUT2D eigenvalue weighted by molar-refractivity contribution is 0.194. The topological polar surface area (TPSA) is 37.3 Å². The number of hydrogen-bond acceptors (Lipinski definition) is 4. The van der Waals surface area contributed by atoms with Crippen molar-refractivity contribution in [1.82, 2.24) is 4.98 Å². The first-order valence-corrected chi connectivity index (χ1v) is 10.1. The second kappa shape index (κ2) is 5.67. The monoisotopic (exact) mass is 403 g/mol. The second-order valence-electron chi connectivity index (χ2n) is 7.71.